The van der Waals surface area contributed by atoms with Crippen LogP contribution in [-0.2, 0) is 10.0 Å². The molecule has 236 valence electrons. The van der Waals surface area contributed by atoms with Gasteiger partial charge in [0.1, 0.15) is 11.5 Å². The normalized spacial score (nSPS) is 20.9. The standard InChI is InChI=1S/C33H37N5O6S/c1-5-38-21(2)26(27-19-24(43-4)9-12-29(27)38)20-31-32(39)28-18-23(8-13-30(28)44-31)35-33(40)34-22-6-10-25(11-7-22)45(41,42)37-16-14-36(3)15-17-37/h6-13,18-21,26H,5,14-17H2,1-4H3,(H2,34,35,40)/b31-20-. The summed E-state index contributed by atoms with van der Waals surface area (Å²) in [6.07, 6.45) is 1.88. The number of carbonyl (C=O) groups excluding carboxylic acids is 2. The molecule has 0 spiro atoms. The van der Waals surface area contributed by atoms with Crippen molar-refractivity contribution in [3.8, 4) is 11.5 Å². The summed E-state index contributed by atoms with van der Waals surface area (Å²) < 4.78 is 38.9. The van der Waals surface area contributed by atoms with Crippen LogP contribution in [0.5, 0.6) is 11.5 Å². The second-order valence-corrected chi connectivity index (χ2v) is 13.4. The lowest BCUT2D eigenvalue weighted by molar-refractivity contribution is 0.101. The summed E-state index contributed by atoms with van der Waals surface area (Å²) in [4.78, 5) is 30.8. The van der Waals surface area contributed by atoms with Gasteiger partial charge < -0.3 is 29.9 Å². The maximum atomic E-state index is 13.4. The second kappa shape index (κ2) is 12.2. The molecule has 0 radical (unpaired) electrons. The van der Waals surface area contributed by atoms with Crippen LogP contribution < -0.4 is 25.0 Å². The minimum Gasteiger partial charge on any atom is -0.497 e. The van der Waals surface area contributed by atoms with Crippen molar-refractivity contribution in [2.45, 2.75) is 30.7 Å². The number of benzene rings is 3. The van der Waals surface area contributed by atoms with E-state index in [2.05, 4.69) is 34.3 Å². The predicted octanol–water partition coefficient (Wildman–Crippen LogP) is 4.75. The second-order valence-electron chi connectivity index (χ2n) is 11.5. The van der Waals surface area contributed by atoms with Crippen molar-refractivity contribution < 1.29 is 27.5 Å². The average molecular weight is 632 g/mol. The molecule has 3 aliphatic heterocycles. The third kappa shape index (κ3) is 5.88. The Morgan fingerprint density at radius 1 is 1.00 bits per heavy atom. The highest BCUT2D eigenvalue weighted by Gasteiger charge is 2.37. The Morgan fingerprint density at radius 2 is 1.69 bits per heavy atom. The van der Waals surface area contributed by atoms with Crippen molar-refractivity contribution in [2.24, 2.45) is 0 Å². The summed E-state index contributed by atoms with van der Waals surface area (Å²) in [5.41, 5.74) is 3.40. The van der Waals surface area contributed by atoms with Gasteiger partial charge in [-0.2, -0.15) is 4.31 Å². The minimum absolute atomic E-state index is 0.0744. The quantitative estimate of drug-likeness (QED) is 0.359. The molecule has 3 aromatic carbocycles. The van der Waals surface area contributed by atoms with E-state index in [1.807, 2.05) is 31.3 Å². The molecule has 2 atom stereocenters. The zero-order chi connectivity index (χ0) is 31.9. The molecule has 2 N–H and O–H groups in total. The SMILES string of the molecule is CCN1c2ccc(OC)cc2C(/C=C2\Oc3ccc(NC(=O)Nc4ccc(S(=O)(=O)N5CCN(C)CC5)cc4)cc3C2=O)C1C. The molecule has 2 unspecified atom stereocenters. The number of carbonyl (C=O) groups is 2. The molecule has 3 aliphatic rings. The van der Waals surface area contributed by atoms with Gasteiger partial charge in [0.05, 0.1) is 17.6 Å². The summed E-state index contributed by atoms with van der Waals surface area (Å²) >= 11 is 0. The number of allylic oxidation sites excluding steroid dienone is 1. The van der Waals surface area contributed by atoms with Gasteiger partial charge in [0.15, 0.2) is 5.76 Å². The monoisotopic (exact) mass is 631 g/mol. The summed E-state index contributed by atoms with van der Waals surface area (Å²) in [5, 5.41) is 5.46. The number of nitrogens with zero attached hydrogens (tertiary/aromatic N) is 3. The fourth-order valence-corrected chi connectivity index (χ4v) is 7.60. The van der Waals surface area contributed by atoms with Crippen molar-refractivity contribution in [1.29, 1.82) is 0 Å². The maximum Gasteiger partial charge on any atom is 0.323 e. The number of rotatable bonds is 7. The van der Waals surface area contributed by atoms with E-state index in [0.29, 0.717) is 48.9 Å². The molecule has 11 nitrogen and oxygen atoms in total. The van der Waals surface area contributed by atoms with Crippen LogP contribution in [0.2, 0.25) is 0 Å². The largest absolute Gasteiger partial charge is 0.497 e. The van der Waals surface area contributed by atoms with E-state index in [-0.39, 0.29) is 28.4 Å². The van der Waals surface area contributed by atoms with Crippen LogP contribution in [0, 0.1) is 0 Å². The first-order chi connectivity index (χ1) is 21.6. The number of anilines is 3. The predicted molar refractivity (Wildman–Crippen MR) is 173 cm³/mol. The Bertz CT molecular complexity index is 1770. The van der Waals surface area contributed by atoms with E-state index in [1.165, 1.54) is 16.4 Å². The number of amides is 2. The molecule has 6 rings (SSSR count). The van der Waals surface area contributed by atoms with E-state index < -0.39 is 16.1 Å². The zero-order valence-corrected chi connectivity index (χ0v) is 26.6. The number of likely N-dealkylation sites (N-methyl/N-ethyl adjacent to an activating group) is 2. The fraction of sp³-hybridized carbons (Fsp3) is 0.333. The molecule has 1 fully saturated rings. The highest BCUT2D eigenvalue weighted by atomic mass is 32.2. The lowest BCUT2D eigenvalue weighted by atomic mass is 9.94. The van der Waals surface area contributed by atoms with Crippen LogP contribution in [0.3, 0.4) is 0 Å². The first-order valence-corrected chi connectivity index (χ1v) is 16.4. The molecule has 3 heterocycles. The van der Waals surface area contributed by atoms with Gasteiger partial charge in [0.25, 0.3) is 0 Å². The van der Waals surface area contributed by atoms with Crippen molar-refractivity contribution in [2.75, 3.05) is 62.4 Å². The zero-order valence-electron chi connectivity index (χ0n) is 25.7. The highest BCUT2D eigenvalue weighted by Crippen LogP contribution is 2.45. The Kier molecular flexibility index (Phi) is 8.29. The van der Waals surface area contributed by atoms with Crippen molar-refractivity contribution in [3.05, 3.63) is 83.6 Å². The number of piperazine rings is 1. The Labute approximate surface area is 263 Å². The molecule has 0 saturated carbocycles. The van der Waals surface area contributed by atoms with E-state index in [0.717, 1.165) is 23.5 Å². The van der Waals surface area contributed by atoms with Crippen molar-refractivity contribution in [1.82, 2.24) is 9.21 Å². The number of fused-ring (bicyclic) bond motifs is 2. The van der Waals surface area contributed by atoms with Gasteiger partial charge in [0, 0.05) is 61.7 Å². The third-order valence-electron chi connectivity index (χ3n) is 8.72. The van der Waals surface area contributed by atoms with Crippen LogP contribution in [0.1, 0.15) is 35.7 Å². The van der Waals surface area contributed by atoms with Crippen LogP contribution in [0.15, 0.2) is 77.4 Å². The van der Waals surface area contributed by atoms with Gasteiger partial charge >= 0.3 is 6.03 Å². The molecule has 3 aromatic rings. The Hall–Kier alpha value is -4.39. The Morgan fingerprint density at radius 3 is 2.38 bits per heavy atom. The number of hydrogen-bond acceptors (Lipinski definition) is 8. The average Bonchev–Trinajstić information content (AvgIpc) is 3.48. The van der Waals surface area contributed by atoms with Crippen LogP contribution in [0.4, 0.5) is 21.9 Å². The van der Waals surface area contributed by atoms with E-state index in [4.69, 9.17) is 9.47 Å². The van der Waals surface area contributed by atoms with Crippen LogP contribution in [0.25, 0.3) is 0 Å². The smallest absolute Gasteiger partial charge is 0.323 e. The van der Waals surface area contributed by atoms with Crippen LogP contribution in [-0.4, -0.2) is 82.4 Å². The van der Waals surface area contributed by atoms with Gasteiger partial charge in [-0.1, -0.05) is 0 Å². The number of ketones is 1. The number of ether oxygens (including phenoxy) is 2. The van der Waals surface area contributed by atoms with Gasteiger partial charge in [-0.05, 0) is 93.2 Å². The molecular weight excluding hydrogens is 594 g/mol. The van der Waals surface area contributed by atoms with Gasteiger partial charge in [-0.15, -0.1) is 0 Å². The molecular formula is C33H37N5O6S. The van der Waals surface area contributed by atoms with Crippen LogP contribution >= 0.6 is 0 Å². The van der Waals surface area contributed by atoms with E-state index in [9.17, 15) is 18.0 Å². The molecule has 12 heteroatoms. The molecule has 0 aliphatic carbocycles. The number of methoxy groups -OCH3 is 1. The third-order valence-corrected chi connectivity index (χ3v) is 10.6. The molecule has 45 heavy (non-hydrogen) atoms. The molecule has 2 amide bonds. The summed E-state index contributed by atoms with van der Waals surface area (Å²) in [6, 6.07) is 16.6. The summed E-state index contributed by atoms with van der Waals surface area (Å²) in [5.74, 6) is 1.11. The number of Topliss-reactive ketones (excluding diaryl/α,β-unsaturated/α-hetero) is 1. The number of hydrogen-bond donors (Lipinski definition) is 2. The number of urea groups is 1. The molecule has 0 aromatic heterocycles. The maximum absolute atomic E-state index is 13.4. The first kappa shape index (κ1) is 30.6. The lowest BCUT2D eigenvalue weighted by Crippen LogP contribution is -2.46. The molecule has 1 saturated heterocycles. The Balaban J connectivity index is 1.12. The van der Waals surface area contributed by atoms with Crippen molar-refractivity contribution in [3.63, 3.8) is 0 Å². The highest BCUT2D eigenvalue weighted by molar-refractivity contribution is 7.89. The lowest BCUT2D eigenvalue weighted by Gasteiger charge is -2.31. The summed E-state index contributed by atoms with van der Waals surface area (Å²) in [6.45, 7) is 7.29. The topological polar surface area (TPSA) is 121 Å². The number of nitrogens with one attached hydrogen (secondary N) is 2. The fourth-order valence-electron chi connectivity index (χ4n) is 6.17. The van der Waals surface area contributed by atoms with Gasteiger partial charge in [0.2, 0.25) is 15.8 Å². The molecule has 0 bridgehead atoms. The minimum atomic E-state index is -3.61. The van der Waals surface area contributed by atoms with Gasteiger partial charge in [-0.25, -0.2) is 13.2 Å². The number of sulfonamides is 1. The first-order valence-electron chi connectivity index (χ1n) is 15.0. The summed E-state index contributed by atoms with van der Waals surface area (Å²) in [7, 11) is -0.00573. The van der Waals surface area contributed by atoms with E-state index in [1.54, 1.807) is 37.4 Å². The van der Waals surface area contributed by atoms with Crippen molar-refractivity contribution >= 4 is 38.9 Å². The van der Waals surface area contributed by atoms with E-state index >= 15 is 0 Å². The van der Waals surface area contributed by atoms with Gasteiger partial charge in [-0.3, -0.25) is 4.79 Å².